The van der Waals surface area contributed by atoms with Gasteiger partial charge < -0.3 is 15.2 Å². The van der Waals surface area contributed by atoms with Crippen LogP contribution in [-0.4, -0.2) is 29.8 Å². The summed E-state index contributed by atoms with van der Waals surface area (Å²) in [7, 11) is 0. The summed E-state index contributed by atoms with van der Waals surface area (Å²) in [6.45, 7) is 3.68. The first-order valence-corrected chi connectivity index (χ1v) is 7.71. The zero-order valence-corrected chi connectivity index (χ0v) is 14.1. The van der Waals surface area contributed by atoms with Crippen LogP contribution in [0.15, 0.2) is 12.1 Å². The number of carbonyl (C=O) groups excluding carboxylic acids is 1. The Morgan fingerprint density at radius 3 is 2.33 bits per heavy atom. The maximum atomic E-state index is 11.7. The third-order valence-electron chi connectivity index (χ3n) is 3.26. The first-order chi connectivity index (χ1) is 9.81. The average Bonchev–Trinajstić information content (AvgIpc) is 2.47. The van der Waals surface area contributed by atoms with Crippen molar-refractivity contribution in [2.24, 2.45) is 0 Å². The number of carbonyl (C=O) groups is 1. The number of benzene rings is 1. The van der Waals surface area contributed by atoms with E-state index in [9.17, 15) is 9.90 Å². The second-order valence-electron chi connectivity index (χ2n) is 4.69. The van der Waals surface area contributed by atoms with E-state index in [0.29, 0.717) is 22.9 Å². The molecular formula is C14H18Cl3NO3. The van der Waals surface area contributed by atoms with Gasteiger partial charge in [-0.1, -0.05) is 48.7 Å². The quantitative estimate of drug-likeness (QED) is 0.734. The molecule has 0 saturated heterocycles. The smallest absolute Gasteiger partial charge is 0.258 e. The summed E-state index contributed by atoms with van der Waals surface area (Å²) in [6, 6.07) is 2.90. The highest BCUT2D eigenvalue weighted by Crippen LogP contribution is 2.33. The SMILES string of the molecule is CCC(O)(CC)CNC(=O)COc1cc(Cl)c(Cl)cc1Cl. The lowest BCUT2D eigenvalue weighted by atomic mass is 9.98. The third kappa shape index (κ3) is 5.55. The van der Waals surface area contributed by atoms with Crippen LogP contribution in [0.4, 0.5) is 0 Å². The van der Waals surface area contributed by atoms with E-state index in [0.717, 1.165) is 0 Å². The summed E-state index contributed by atoms with van der Waals surface area (Å²) in [5.74, 6) is -0.0695. The molecule has 2 N–H and O–H groups in total. The largest absolute Gasteiger partial charge is 0.482 e. The van der Waals surface area contributed by atoms with E-state index in [1.165, 1.54) is 12.1 Å². The predicted octanol–water partition coefficient (Wildman–Crippen LogP) is 3.69. The van der Waals surface area contributed by atoms with Crippen LogP contribution in [0.5, 0.6) is 5.75 Å². The van der Waals surface area contributed by atoms with E-state index < -0.39 is 5.60 Å². The van der Waals surface area contributed by atoms with Crippen LogP contribution in [0.1, 0.15) is 26.7 Å². The van der Waals surface area contributed by atoms with Gasteiger partial charge in [0, 0.05) is 12.6 Å². The molecule has 0 spiro atoms. The van der Waals surface area contributed by atoms with Gasteiger partial charge in [-0.3, -0.25) is 4.79 Å². The Labute approximate surface area is 139 Å². The van der Waals surface area contributed by atoms with Crippen molar-refractivity contribution in [3.8, 4) is 5.75 Å². The molecule has 0 radical (unpaired) electrons. The lowest BCUT2D eigenvalue weighted by Gasteiger charge is -2.25. The van der Waals surface area contributed by atoms with Gasteiger partial charge in [0.15, 0.2) is 6.61 Å². The Balaban J connectivity index is 2.52. The fourth-order valence-electron chi connectivity index (χ4n) is 1.57. The molecule has 1 amide bonds. The van der Waals surface area contributed by atoms with Crippen molar-refractivity contribution in [1.29, 1.82) is 0 Å². The minimum Gasteiger partial charge on any atom is -0.482 e. The van der Waals surface area contributed by atoms with Crippen LogP contribution in [0.25, 0.3) is 0 Å². The molecule has 0 unspecified atom stereocenters. The number of amides is 1. The van der Waals surface area contributed by atoms with Crippen LogP contribution >= 0.6 is 34.8 Å². The molecule has 0 atom stereocenters. The summed E-state index contributed by atoms with van der Waals surface area (Å²) in [5, 5.41) is 13.6. The molecule has 0 saturated carbocycles. The number of aliphatic hydroxyl groups is 1. The van der Waals surface area contributed by atoms with E-state index in [4.69, 9.17) is 39.5 Å². The zero-order valence-electron chi connectivity index (χ0n) is 11.9. The molecule has 0 aliphatic heterocycles. The van der Waals surface area contributed by atoms with Gasteiger partial charge in [0.2, 0.25) is 0 Å². The zero-order chi connectivity index (χ0) is 16.0. The molecule has 0 heterocycles. The fraction of sp³-hybridized carbons (Fsp3) is 0.500. The number of halogens is 3. The minimum absolute atomic E-state index is 0.178. The molecular weight excluding hydrogens is 337 g/mol. The molecule has 0 aromatic heterocycles. The molecule has 0 bridgehead atoms. The van der Waals surface area contributed by atoms with E-state index >= 15 is 0 Å². The summed E-state index contributed by atoms with van der Waals surface area (Å²) >= 11 is 17.6. The highest BCUT2D eigenvalue weighted by Gasteiger charge is 2.22. The standard InChI is InChI=1S/C14H18Cl3NO3/c1-3-14(20,4-2)8-18-13(19)7-21-12-6-10(16)9(15)5-11(12)17/h5-6,20H,3-4,7-8H2,1-2H3,(H,18,19). The molecule has 4 nitrogen and oxygen atoms in total. The monoisotopic (exact) mass is 353 g/mol. The van der Waals surface area contributed by atoms with E-state index in [1.807, 2.05) is 13.8 Å². The van der Waals surface area contributed by atoms with Crippen LogP contribution in [0.3, 0.4) is 0 Å². The van der Waals surface area contributed by atoms with Crippen molar-refractivity contribution in [2.45, 2.75) is 32.3 Å². The van der Waals surface area contributed by atoms with Gasteiger partial charge >= 0.3 is 0 Å². The van der Waals surface area contributed by atoms with Crippen molar-refractivity contribution in [1.82, 2.24) is 5.32 Å². The molecule has 118 valence electrons. The Bertz CT molecular complexity index is 504. The summed E-state index contributed by atoms with van der Waals surface area (Å²) in [5.41, 5.74) is -0.892. The van der Waals surface area contributed by atoms with Gasteiger partial charge in [-0.15, -0.1) is 0 Å². The summed E-state index contributed by atoms with van der Waals surface area (Å²) < 4.78 is 5.30. The van der Waals surface area contributed by atoms with Crippen molar-refractivity contribution in [2.75, 3.05) is 13.2 Å². The van der Waals surface area contributed by atoms with E-state index in [-0.39, 0.29) is 29.8 Å². The molecule has 7 heteroatoms. The minimum atomic E-state index is -0.892. The van der Waals surface area contributed by atoms with Crippen LogP contribution in [-0.2, 0) is 4.79 Å². The third-order valence-corrected chi connectivity index (χ3v) is 4.28. The van der Waals surface area contributed by atoms with E-state index in [1.54, 1.807) is 0 Å². The second-order valence-corrected chi connectivity index (χ2v) is 5.92. The average molecular weight is 355 g/mol. The van der Waals surface area contributed by atoms with Gasteiger partial charge in [-0.25, -0.2) is 0 Å². The highest BCUT2D eigenvalue weighted by molar-refractivity contribution is 6.43. The molecule has 1 rings (SSSR count). The lowest BCUT2D eigenvalue weighted by Crippen LogP contribution is -2.43. The number of hydrogen-bond donors (Lipinski definition) is 2. The molecule has 1 aromatic rings. The fourth-order valence-corrected chi connectivity index (χ4v) is 2.16. The number of hydrogen-bond acceptors (Lipinski definition) is 3. The van der Waals surface area contributed by atoms with Gasteiger partial charge in [-0.05, 0) is 18.9 Å². The number of ether oxygens (including phenoxy) is 1. The van der Waals surface area contributed by atoms with Crippen molar-refractivity contribution in [3.05, 3.63) is 27.2 Å². The number of nitrogens with one attached hydrogen (secondary N) is 1. The normalized spacial score (nSPS) is 11.3. The Morgan fingerprint density at radius 1 is 1.19 bits per heavy atom. The van der Waals surface area contributed by atoms with Crippen molar-refractivity contribution < 1.29 is 14.6 Å². The highest BCUT2D eigenvalue weighted by atomic mass is 35.5. The van der Waals surface area contributed by atoms with Gasteiger partial charge in [0.05, 0.1) is 20.7 Å². The predicted molar refractivity (Wildman–Crippen MR) is 85.5 cm³/mol. The second kappa shape index (κ2) is 8.08. The van der Waals surface area contributed by atoms with Crippen molar-refractivity contribution >= 4 is 40.7 Å². The maximum Gasteiger partial charge on any atom is 0.258 e. The first kappa shape index (κ1) is 18.4. The van der Waals surface area contributed by atoms with Crippen LogP contribution in [0, 0.1) is 0 Å². The molecule has 0 aliphatic rings. The number of rotatable bonds is 7. The van der Waals surface area contributed by atoms with Gasteiger partial charge in [-0.2, -0.15) is 0 Å². The maximum absolute atomic E-state index is 11.7. The van der Waals surface area contributed by atoms with Crippen molar-refractivity contribution in [3.63, 3.8) is 0 Å². The summed E-state index contributed by atoms with van der Waals surface area (Å²) in [6.07, 6.45) is 1.12. The Kier molecular flexibility index (Phi) is 7.07. The molecule has 21 heavy (non-hydrogen) atoms. The van der Waals surface area contributed by atoms with Gasteiger partial charge in [0.25, 0.3) is 5.91 Å². The van der Waals surface area contributed by atoms with Crippen LogP contribution in [0.2, 0.25) is 15.1 Å². The lowest BCUT2D eigenvalue weighted by molar-refractivity contribution is -0.124. The first-order valence-electron chi connectivity index (χ1n) is 6.57. The van der Waals surface area contributed by atoms with Gasteiger partial charge in [0.1, 0.15) is 5.75 Å². The van der Waals surface area contributed by atoms with E-state index in [2.05, 4.69) is 5.32 Å². The van der Waals surface area contributed by atoms with Crippen LogP contribution < -0.4 is 10.1 Å². The Morgan fingerprint density at radius 2 is 1.76 bits per heavy atom. The topological polar surface area (TPSA) is 58.6 Å². The Hall–Kier alpha value is -0.680. The summed E-state index contributed by atoms with van der Waals surface area (Å²) in [4.78, 5) is 11.7. The molecule has 0 fully saturated rings. The molecule has 0 aliphatic carbocycles. The molecule has 1 aromatic carbocycles.